The van der Waals surface area contributed by atoms with Gasteiger partial charge in [-0.1, -0.05) is 13.8 Å². The fourth-order valence-corrected chi connectivity index (χ4v) is 2.61. The molecule has 1 aliphatic heterocycles. The van der Waals surface area contributed by atoms with Gasteiger partial charge in [-0.2, -0.15) is 0 Å². The molecule has 1 fully saturated rings. The lowest BCUT2D eigenvalue weighted by Gasteiger charge is -2.23. The molecule has 0 radical (unpaired) electrons. The summed E-state index contributed by atoms with van der Waals surface area (Å²) < 4.78 is 11.1. The van der Waals surface area contributed by atoms with Gasteiger partial charge in [0.05, 0.1) is 13.2 Å². The molecule has 2 N–H and O–H groups in total. The summed E-state index contributed by atoms with van der Waals surface area (Å²) in [5, 5.41) is 11.8. The SMILES string of the molecule is CC(C)CC(NC(=O)c1ccc(OC2CCOCC2)cc1)C(=O)O. The van der Waals surface area contributed by atoms with Gasteiger partial charge in [0, 0.05) is 18.4 Å². The highest BCUT2D eigenvalue weighted by Crippen LogP contribution is 2.18. The number of amides is 1. The zero-order valence-electron chi connectivity index (χ0n) is 14.2. The molecular weight excluding hydrogens is 310 g/mol. The van der Waals surface area contributed by atoms with Gasteiger partial charge in [0.2, 0.25) is 0 Å². The van der Waals surface area contributed by atoms with Crippen LogP contribution < -0.4 is 10.1 Å². The fourth-order valence-electron chi connectivity index (χ4n) is 2.61. The second-order valence-corrected chi connectivity index (χ2v) is 6.45. The molecule has 1 atom stereocenters. The van der Waals surface area contributed by atoms with Crippen molar-refractivity contribution in [2.75, 3.05) is 13.2 Å². The third-order valence-corrected chi connectivity index (χ3v) is 3.90. The van der Waals surface area contributed by atoms with Crippen LogP contribution in [0.2, 0.25) is 0 Å². The summed E-state index contributed by atoms with van der Waals surface area (Å²) in [6, 6.07) is 5.90. The van der Waals surface area contributed by atoms with E-state index in [0.29, 0.717) is 30.9 Å². The molecule has 0 aliphatic carbocycles. The number of hydrogen-bond acceptors (Lipinski definition) is 4. The van der Waals surface area contributed by atoms with Crippen LogP contribution in [-0.2, 0) is 9.53 Å². The lowest BCUT2D eigenvalue weighted by molar-refractivity contribution is -0.139. The quantitative estimate of drug-likeness (QED) is 0.799. The third kappa shape index (κ3) is 5.53. The minimum Gasteiger partial charge on any atom is -0.490 e. The maximum Gasteiger partial charge on any atom is 0.326 e. The largest absolute Gasteiger partial charge is 0.490 e. The number of rotatable bonds is 7. The van der Waals surface area contributed by atoms with Gasteiger partial charge >= 0.3 is 5.97 Å². The highest BCUT2D eigenvalue weighted by molar-refractivity contribution is 5.96. The first kappa shape index (κ1) is 18.3. The van der Waals surface area contributed by atoms with E-state index in [4.69, 9.17) is 9.47 Å². The van der Waals surface area contributed by atoms with Gasteiger partial charge < -0.3 is 19.9 Å². The summed E-state index contributed by atoms with van der Waals surface area (Å²) in [6.07, 6.45) is 2.25. The molecule has 1 amide bonds. The Morgan fingerprint density at radius 1 is 1.25 bits per heavy atom. The lowest BCUT2D eigenvalue weighted by atomic mass is 10.0. The number of nitrogens with one attached hydrogen (secondary N) is 1. The topological polar surface area (TPSA) is 84.9 Å². The molecule has 6 heteroatoms. The zero-order chi connectivity index (χ0) is 17.5. The summed E-state index contributed by atoms with van der Waals surface area (Å²) in [4.78, 5) is 23.4. The van der Waals surface area contributed by atoms with Crippen LogP contribution >= 0.6 is 0 Å². The Hall–Kier alpha value is -2.08. The van der Waals surface area contributed by atoms with Crippen molar-refractivity contribution in [3.05, 3.63) is 29.8 Å². The van der Waals surface area contributed by atoms with E-state index in [1.165, 1.54) is 0 Å². The smallest absolute Gasteiger partial charge is 0.326 e. The number of carbonyl (C=O) groups excluding carboxylic acids is 1. The van der Waals surface area contributed by atoms with E-state index in [2.05, 4.69) is 5.32 Å². The number of benzene rings is 1. The summed E-state index contributed by atoms with van der Waals surface area (Å²) >= 11 is 0. The van der Waals surface area contributed by atoms with E-state index in [0.717, 1.165) is 12.8 Å². The average Bonchev–Trinajstić information content (AvgIpc) is 2.55. The minimum absolute atomic E-state index is 0.140. The number of ether oxygens (including phenoxy) is 2. The number of carboxylic acid groups (broad SMARTS) is 1. The molecule has 132 valence electrons. The summed E-state index contributed by atoms with van der Waals surface area (Å²) in [6.45, 7) is 5.25. The predicted molar refractivity (Wildman–Crippen MR) is 89.3 cm³/mol. The predicted octanol–water partition coefficient (Wildman–Crippen LogP) is 2.47. The maximum absolute atomic E-state index is 12.2. The van der Waals surface area contributed by atoms with E-state index in [1.54, 1.807) is 24.3 Å². The van der Waals surface area contributed by atoms with Crippen molar-refractivity contribution in [2.24, 2.45) is 5.92 Å². The van der Waals surface area contributed by atoms with Crippen molar-refractivity contribution in [3.8, 4) is 5.75 Å². The minimum atomic E-state index is -1.02. The monoisotopic (exact) mass is 335 g/mol. The Morgan fingerprint density at radius 3 is 2.42 bits per heavy atom. The Balaban J connectivity index is 1.93. The molecule has 24 heavy (non-hydrogen) atoms. The van der Waals surface area contributed by atoms with Crippen LogP contribution in [0.3, 0.4) is 0 Å². The molecule has 0 bridgehead atoms. The molecule has 0 saturated carbocycles. The second-order valence-electron chi connectivity index (χ2n) is 6.45. The van der Waals surface area contributed by atoms with Gasteiger partial charge in [-0.05, 0) is 36.6 Å². The number of hydrogen-bond donors (Lipinski definition) is 2. The molecule has 1 saturated heterocycles. The van der Waals surface area contributed by atoms with E-state index in [1.807, 2.05) is 13.8 Å². The molecule has 1 aromatic rings. The lowest BCUT2D eigenvalue weighted by Crippen LogP contribution is -2.41. The Bertz CT molecular complexity index is 549. The van der Waals surface area contributed by atoms with Crippen molar-refractivity contribution >= 4 is 11.9 Å². The normalized spacial score (nSPS) is 16.6. The first-order valence-electron chi connectivity index (χ1n) is 8.34. The molecular formula is C18H25NO5. The molecule has 1 unspecified atom stereocenters. The van der Waals surface area contributed by atoms with Crippen molar-refractivity contribution in [2.45, 2.75) is 45.3 Å². The fraction of sp³-hybridized carbons (Fsp3) is 0.556. The van der Waals surface area contributed by atoms with Crippen molar-refractivity contribution in [3.63, 3.8) is 0 Å². The first-order chi connectivity index (χ1) is 11.5. The van der Waals surface area contributed by atoms with Crippen LogP contribution in [0.15, 0.2) is 24.3 Å². The molecule has 1 aliphatic rings. The average molecular weight is 335 g/mol. The highest BCUT2D eigenvalue weighted by atomic mass is 16.5. The van der Waals surface area contributed by atoms with Gasteiger partial charge in [-0.3, -0.25) is 4.79 Å². The van der Waals surface area contributed by atoms with Gasteiger partial charge in [0.1, 0.15) is 17.9 Å². The number of carbonyl (C=O) groups is 2. The molecule has 1 aromatic carbocycles. The van der Waals surface area contributed by atoms with E-state index in [9.17, 15) is 14.7 Å². The molecule has 0 aromatic heterocycles. The van der Waals surface area contributed by atoms with Crippen LogP contribution in [0, 0.1) is 5.92 Å². The van der Waals surface area contributed by atoms with Crippen LogP contribution in [-0.4, -0.2) is 42.3 Å². The Morgan fingerprint density at radius 2 is 1.88 bits per heavy atom. The summed E-state index contributed by atoms with van der Waals surface area (Å²) in [5.41, 5.74) is 0.421. The van der Waals surface area contributed by atoms with Crippen molar-refractivity contribution < 1.29 is 24.2 Å². The highest BCUT2D eigenvalue weighted by Gasteiger charge is 2.22. The van der Waals surface area contributed by atoms with E-state index < -0.39 is 12.0 Å². The number of aliphatic carboxylic acids is 1. The molecule has 6 nitrogen and oxygen atoms in total. The molecule has 0 spiro atoms. The van der Waals surface area contributed by atoms with E-state index >= 15 is 0 Å². The number of carboxylic acids is 1. The van der Waals surface area contributed by atoms with Gasteiger partial charge in [-0.15, -0.1) is 0 Å². The summed E-state index contributed by atoms with van der Waals surface area (Å²) in [5.74, 6) is -0.519. The van der Waals surface area contributed by atoms with Crippen LogP contribution in [0.5, 0.6) is 5.75 Å². The van der Waals surface area contributed by atoms with Crippen LogP contribution in [0.4, 0.5) is 0 Å². The Labute approximate surface area is 142 Å². The Kier molecular flexibility index (Phi) is 6.61. The standard InChI is InChI=1S/C18H25NO5/c1-12(2)11-16(18(21)22)19-17(20)13-3-5-14(6-4-13)24-15-7-9-23-10-8-15/h3-6,12,15-16H,7-11H2,1-2H3,(H,19,20)(H,21,22). The third-order valence-electron chi connectivity index (χ3n) is 3.90. The first-order valence-corrected chi connectivity index (χ1v) is 8.34. The molecule has 1 heterocycles. The molecule has 2 rings (SSSR count). The van der Waals surface area contributed by atoms with Crippen molar-refractivity contribution in [1.82, 2.24) is 5.32 Å². The summed E-state index contributed by atoms with van der Waals surface area (Å²) in [7, 11) is 0. The van der Waals surface area contributed by atoms with Crippen LogP contribution in [0.25, 0.3) is 0 Å². The zero-order valence-corrected chi connectivity index (χ0v) is 14.2. The second kappa shape index (κ2) is 8.68. The maximum atomic E-state index is 12.2. The van der Waals surface area contributed by atoms with Gasteiger partial charge in [0.15, 0.2) is 0 Å². The van der Waals surface area contributed by atoms with Crippen molar-refractivity contribution in [1.29, 1.82) is 0 Å². The van der Waals surface area contributed by atoms with E-state index in [-0.39, 0.29) is 17.9 Å². The van der Waals surface area contributed by atoms with Crippen LogP contribution in [0.1, 0.15) is 43.5 Å². The van der Waals surface area contributed by atoms with Gasteiger partial charge in [0.25, 0.3) is 5.91 Å². The van der Waals surface area contributed by atoms with Gasteiger partial charge in [-0.25, -0.2) is 4.79 Å².